The van der Waals surface area contributed by atoms with E-state index >= 15 is 0 Å². The van der Waals surface area contributed by atoms with E-state index in [-0.39, 0.29) is 23.3 Å². The number of likely N-dealkylation sites (N-methyl/N-ethyl adjacent to an activating group) is 1. The molecule has 3 atom stereocenters. The van der Waals surface area contributed by atoms with Crippen molar-refractivity contribution >= 4 is 17.5 Å². The van der Waals surface area contributed by atoms with Crippen LogP contribution in [-0.4, -0.2) is 69.5 Å². The third-order valence-corrected chi connectivity index (χ3v) is 9.01. The fourth-order valence-corrected chi connectivity index (χ4v) is 6.69. The second kappa shape index (κ2) is 11.8. The van der Waals surface area contributed by atoms with Gasteiger partial charge in [-0.3, -0.25) is 19.3 Å². The number of aliphatic hydroxyl groups is 2. The van der Waals surface area contributed by atoms with Gasteiger partial charge in [0, 0.05) is 18.5 Å². The molecule has 11 heteroatoms. The summed E-state index contributed by atoms with van der Waals surface area (Å²) in [5, 5.41) is 39.2. The number of primary amides is 1. The Morgan fingerprint density at radius 2 is 1.79 bits per heavy atom. The lowest BCUT2D eigenvalue weighted by atomic mass is 9.70. The molecule has 0 saturated carbocycles. The summed E-state index contributed by atoms with van der Waals surface area (Å²) in [6.07, 6.45) is 2.41. The molecule has 1 amide bonds. The molecule has 226 valence electrons. The number of aliphatic hydroxyl groups excluding tert-OH is 1. The maximum Gasteiger partial charge on any atom is 0.255 e. The summed E-state index contributed by atoms with van der Waals surface area (Å²) in [5.41, 5.74) is 4.27. The number of rotatable bonds is 8. The maximum atomic E-state index is 14.2. The van der Waals surface area contributed by atoms with E-state index in [1.165, 1.54) is 31.5 Å². The Hall–Kier alpha value is -4.19. The number of nitrogens with two attached hydrogens (primary N) is 1. The van der Waals surface area contributed by atoms with Gasteiger partial charge in [0.2, 0.25) is 0 Å². The molecule has 3 aliphatic rings. The lowest BCUT2D eigenvalue weighted by Crippen LogP contribution is -2.53. The van der Waals surface area contributed by atoms with Crippen LogP contribution >= 0.6 is 0 Å². The predicted molar refractivity (Wildman–Crippen MR) is 159 cm³/mol. The largest absolute Gasteiger partial charge is 0.508 e. The van der Waals surface area contributed by atoms with Gasteiger partial charge in [-0.2, -0.15) is 0 Å². The maximum absolute atomic E-state index is 14.2. The van der Waals surface area contributed by atoms with Crippen molar-refractivity contribution in [1.29, 1.82) is 0 Å². The number of hydrogen-bond donors (Lipinski definition) is 5. The molecule has 1 saturated heterocycles. The van der Waals surface area contributed by atoms with E-state index in [4.69, 9.17) is 5.73 Å². The second-order valence-electron chi connectivity index (χ2n) is 11.5. The van der Waals surface area contributed by atoms with Crippen LogP contribution in [0.2, 0.25) is 0 Å². The van der Waals surface area contributed by atoms with Crippen molar-refractivity contribution in [3.8, 4) is 16.9 Å². The number of likely N-dealkylation sites (tertiary alicyclic amines) is 1. The quantitative estimate of drug-likeness (QED) is 0.176. The van der Waals surface area contributed by atoms with E-state index in [1.54, 1.807) is 13.0 Å². The van der Waals surface area contributed by atoms with Gasteiger partial charge in [-0.15, -0.1) is 4.91 Å². The van der Waals surface area contributed by atoms with Crippen molar-refractivity contribution in [3.63, 3.8) is 0 Å². The van der Waals surface area contributed by atoms with Gasteiger partial charge in [0.25, 0.3) is 5.91 Å². The number of phenolic OH excluding ortho intramolecular Hbond substituents is 1. The van der Waals surface area contributed by atoms with Gasteiger partial charge in [-0.1, -0.05) is 37.3 Å². The number of carbonyl (C=O) groups excluding carboxylic acids is 3. The number of amides is 1. The Morgan fingerprint density at radius 1 is 1.12 bits per heavy atom. The van der Waals surface area contributed by atoms with Crippen LogP contribution in [0.4, 0.5) is 0 Å². The first-order chi connectivity index (χ1) is 20.5. The third kappa shape index (κ3) is 5.17. The SMILES string of the molecule is CC[C@@H]1Cc2c(-c3ccc(CN4CCCC4)cc3)ccc(O)c2C(=O)/C1=C(\N=O)[C@@]1(O)C[C@H](NC)C(=O)C(C(N)=O)=C1O. The number of benzene rings is 2. The second-order valence-corrected chi connectivity index (χ2v) is 11.5. The average Bonchev–Trinajstić information content (AvgIpc) is 3.50. The van der Waals surface area contributed by atoms with Gasteiger partial charge in [-0.25, -0.2) is 0 Å². The zero-order chi connectivity index (χ0) is 31.1. The number of allylic oxidation sites excluding steroid dienone is 1. The van der Waals surface area contributed by atoms with Crippen LogP contribution in [0.1, 0.15) is 54.1 Å². The number of nitroso groups, excluding NO2 is 1. The highest BCUT2D eigenvalue weighted by Crippen LogP contribution is 2.46. The summed E-state index contributed by atoms with van der Waals surface area (Å²) in [6, 6.07) is 10.1. The predicted octanol–water partition coefficient (Wildman–Crippen LogP) is 3.03. The van der Waals surface area contributed by atoms with Gasteiger partial charge in [0.15, 0.2) is 17.2 Å². The molecule has 0 bridgehead atoms. The van der Waals surface area contributed by atoms with Crippen LogP contribution in [-0.2, 0) is 22.6 Å². The minimum atomic E-state index is -2.65. The first-order valence-electron chi connectivity index (χ1n) is 14.5. The Balaban J connectivity index is 1.62. The van der Waals surface area contributed by atoms with Crippen molar-refractivity contribution in [3.05, 3.63) is 80.6 Å². The topological polar surface area (TPSA) is 183 Å². The Morgan fingerprint density at radius 3 is 2.37 bits per heavy atom. The smallest absolute Gasteiger partial charge is 0.255 e. The summed E-state index contributed by atoms with van der Waals surface area (Å²) >= 11 is 0. The fourth-order valence-electron chi connectivity index (χ4n) is 6.69. The normalized spacial score (nSPS) is 25.6. The number of carbonyl (C=O) groups is 3. The van der Waals surface area contributed by atoms with Crippen LogP contribution in [0.15, 0.2) is 64.2 Å². The molecular formula is C32H36N4O7. The van der Waals surface area contributed by atoms with E-state index < -0.39 is 58.5 Å². The van der Waals surface area contributed by atoms with Crippen molar-refractivity contribution in [2.75, 3.05) is 20.1 Å². The number of fused-ring (bicyclic) bond motifs is 1. The number of phenols is 1. The number of Topliss-reactive ketones (excluding diaryl/α,β-unsaturated/α-hetero) is 2. The third-order valence-electron chi connectivity index (χ3n) is 9.01. The molecule has 1 fully saturated rings. The van der Waals surface area contributed by atoms with Crippen LogP contribution in [0, 0.1) is 10.8 Å². The van der Waals surface area contributed by atoms with Crippen molar-refractivity contribution in [2.24, 2.45) is 16.8 Å². The van der Waals surface area contributed by atoms with Crippen LogP contribution in [0.5, 0.6) is 5.75 Å². The van der Waals surface area contributed by atoms with Crippen molar-refractivity contribution in [2.45, 2.75) is 57.2 Å². The lowest BCUT2D eigenvalue weighted by molar-refractivity contribution is -0.125. The summed E-state index contributed by atoms with van der Waals surface area (Å²) < 4.78 is 0. The zero-order valence-corrected chi connectivity index (χ0v) is 24.2. The number of nitrogens with one attached hydrogen (secondary N) is 1. The minimum Gasteiger partial charge on any atom is -0.508 e. The highest BCUT2D eigenvalue weighted by molar-refractivity contribution is 6.22. The molecule has 0 spiro atoms. The molecule has 2 aliphatic carbocycles. The molecule has 2 aromatic rings. The first-order valence-corrected chi connectivity index (χ1v) is 14.5. The monoisotopic (exact) mass is 588 g/mol. The molecule has 1 aliphatic heterocycles. The number of aromatic hydroxyl groups is 1. The molecule has 2 aromatic carbocycles. The van der Waals surface area contributed by atoms with Gasteiger partial charge >= 0.3 is 0 Å². The summed E-state index contributed by atoms with van der Waals surface area (Å²) in [5.74, 6) is -4.94. The molecule has 11 nitrogen and oxygen atoms in total. The lowest BCUT2D eigenvalue weighted by Gasteiger charge is -2.38. The van der Waals surface area contributed by atoms with E-state index in [9.17, 15) is 34.6 Å². The van der Waals surface area contributed by atoms with Gasteiger partial charge in [0.1, 0.15) is 22.8 Å². The molecule has 6 N–H and O–H groups in total. The van der Waals surface area contributed by atoms with Crippen molar-refractivity contribution in [1.82, 2.24) is 10.2 Å². The minimum absolute atomic E-state index is 0.0289. The van der Waals surface area contributed by atoms with Crippen molar-refractivity contribution < 1.29 is 29.7 Å². The van der Waals surface area contributed by atoms with Crippen LogP contribution in [0.3, 0.4) is 0 Å². The fraction of sp³-hybridized carbons (Fsp3) is 0.406. The number of nitrogens with zero attached hydrogens (tertiary/aromatic N) is 2. The average molecular weight is 589 g/mol. The molecule has 0 radical (unpaired) electrons. The molecule has 43 heavy (non-hydrogen) atoms. The molecule has 1 heterocycles. The van der Waals surface area contributed by atoms with Gasteiger partial charge in [0.05, 0.1) is 11.6 Å². The van der Waals surface area contributed by atoms with E-state index in [0.717, 1.165) is 30.8 Å². The Bertz CT molecular complexity index is 1560. The van der Waals surface area contributed by atoms with Gasteiger partial charge in [-0.05, 0) is 85.2 Å². The Kier molecular flexibility index (Phi) is 8.33. The Labute approximate surface area is 249 Å². The van der Waals surface area contributed by atoms with Gasteiger partial charge < -0.3 is 26.4 Å². The molecule has 5 rings (SSSR count). The zero-order valence-electron chi connectivity index (χ0n) is 24.2. The molecular weight excluding hydrogens is 552 g/mol. The summed E-state index contributed by atoms with van der Waals surface area (Å²) in [4.78, 5) is 53.8. The summed E-state index contributed by atoms with van der Waals surface area (Å²) in [7, 11) is 1.40. The van der Waals surface area contributed by atoms with E-state index in [2.05, 4.69) is 27.5 Å². The molecule has 0 unspecified atom stereocenters. The highest BCUT2D eigenvalue weighted by atomic mass is 16.3. The van der Waals surface area contributed by atoms with E-state index in [0.29, 0.717) is 12.0 Å². The highest BCUT2D eigenvalue weighted by Gasteiger charge is 2.53. The number of ketones is 2. The molecule has 0 aromatic heterocycles. The summed E-state index contributed by atoms with van der Waals surface area (Å²) in [6.45, 7) is 4.83. The van der Waals surface area contributed by atoms with Crippen LogP contribution < -0.4 is 11.1 Å². The first kappa shape index (κ1) is 30.3. The number of hydrogen-bond acceptors (Lipinski definition) is 10. The standard InChI is InChI=1S/C32H36N4O7/c1-3-18-14-21-20(19-8-6-17(7-9-19)16-36-12-4-5-13-36)10-11-23(37)25(21)28(39)24(18)29(35-43)32(42)15-22(34-2)27(38)26(30(32)40)31(33)41/h6-11,18,22,34,37,40,42H,3-5,12-16H2,1-2H3,(H2,33,41)/b29-24-/t18-,22+,32+/m1/s1. The van der Waals surface area contributed by atoms with Crippen LogP contribution in [0.25, 0.3) is 11.1 Å². The van der Waals surface area contributed by atoms with E-state index in [1.807, 2.05) is 12.1 Å².